The topological polar surface area (TPSA) is 54.6 Å². The minimum atomic E-state index is 0.108. The molecule has 2 N–H and O–H groups in total. The van der Waals surface area contributed by atoms with E-state index < -0.39 is 0 Å². The van der Waals surface area contributed by atoms with Crippen LogP contribution >= 0.6 is 0 Å². The molecule has 4 nitrogen and oxygen atoms in total. The third-order valence-electron chi connectivity index (χ3n) is 2.70. The van der Waals surface area contributed by atoms with Gasteiger partial charge in [-0.15, -0.1) is 0 Å². The summed E-state index contributed by atoms with van der Waals surface area (Å²) >= 11 is 0. The van der Waals surface area contributed by atoms with Gasteiger partial charge in [-0.05, 0) is 24.0 Å². The highest BCUT2D eigenvalue weighted by atomic mass is 16.5. The van der Waals surface area contributed by atoms with Gasteiger partial charge in [0.15, 0.2) is 0 Å². The van der Waals surface area contributed by atoms with Gasteiger partial charge in [0.1, 0.15) is 18.1 Å². The number of methoxy groups -OCH3 is 1. The molecule has 4 heteroatoms. The highest BCUT2D eigenvalue weighted by Crippen LogP contribution is 2.18. The van der Waals surface area contributed by atoms with Crippen LogP contribution in [-0.2, 0) is 17.9 Å². The summed E-state index contributed by atoms with van der Waals surface area (Å²) in [5.41, 5.74) is 0.108. The van der Waals surface area contributed by atoms with E-state index in [1.165, 1.54) is 0 Å². The Kier molecular flexibility index (Phi) is 5.68. The third kappa shape index (κ3) is 5.35. The Morgan fingerprint density at radius 1 is 1.35 bits per heavy atom. The van der Waals surface area contributed by atoms with Crippen molar-refractivity contribution in [3.63, 3.8) is 0 Å². The molecule has 0 saturated carbocycles. The fourth-order valence-corrected chi connectivity index (χ4v) is 1.65. The van der Waals surface area contributed by atoms with Crippen LogP contribution in [-0.4, -0.2) is 25.4 Å². The van der Waals surface area contributed by atoms with Crippen molar-refractivity contribution in [2.75, 3.05) is 20.3 Å². The molecule has 0 fully saturated rings. The quantitative estimate of drug-likeness (QED) is 0.730. The summed E-state index contributed by atoms with van der Waals surface area (Å²) in [6.45, 7) is 6.57. The van der Waals surface area contributed by atoms with Crippen molar-refractivity contribution in [3.05, 3.63) is 23.7 Å². The molecule has 0 aliphatic heterocycles. The molecule has 0 saturated heterocycles. The van der Waals surface area contributed by atoms with Crippen LogP contribution in [0.15, 0.2) is 16.5 Å². The van der Waals surface area contributed by atoms with E-state index in [0.29, 0.717) is 13.2 Å². The minimum Gasteiger partial charge on any atom is -0.462 e. The van der Waals surface area contributed by atoms with E-state index in [0.717, 1.165) is 24.5 Å². The summed E-state index contributed by atoms with van der Waals surface area (Å²) < 4.78 is 10.6. The van der Waals surface area contributed by atoms with Crippen LogP contribution in [0.25, 0.3) is 0 Å². The van der Waals surface area contributed by atoms with Crippen LogP contribution in [0.5, 0.6) is 0 Å². The van der Waals surface area contributed by atoms with Gasteiger partial charge in [-0.1, -0.05) is 13.8 Å². The Hall–Kier alpha value is -0.840. The van der Waals surface area contributed by atoms with E-state index in [-0.39, 0.29) is 12.0 Å². The van der Waals surface area contributed by atoms with Crippen molar-refractivity contribution in [2.24, 2.45) is 5.41 Å². The maximum Gasteiger partial charge on any atom is 0.129 e. The Morgan fingerprint density at radius 3 is 2.71 bits per heavy atom. The van der Waals surface area contributed by atoms with Crippen LogP contribution in [0, 0.1) is 5.41 Å². The predicted octanol–water partition coefficient (Wildman–Crippen LogP) is 1.92. The van der Waals surface area contributed by atoms with Crippen molar-refractivity contribution >= 4 is 0 Å². The van der Waals surface area contributed by atoms with Gasteiger partial charge in [0.05, 0.1) is 6.54 Å². The number of nitrogens with one attached hydrogen (secondary N) is 1. The second kappa shape index (κ2) is 6.79. The lowest BCUT2D eigenvalue weighted by Gasteiger charge is -2.23. The smallest absolute Gasteiger partial charge is 0.129 e. The number of ether oxygens (including phenoxy) is 1. The van der Waals surface area contributed by atoms with Crippen molar-refractivity contribution in [1.82, 2.24) is 5.32 Å². The molecule has 0 radical (unpaired) electrons. The average Bonchev–Trinajstić information content (AvgIpc) is 2.66. The molecule has 0 spiro atoms. The van der Waals surface area contributed by atoms with Crippen molar-refractivity contribution in [1.29, 1.82) is 0 Å². The van der Waals surface area contributed by atoms with Crippen LogP contribution in [0.3, 0.4) is 0 Å². The zero-order chi connectivity index (χ0) is 12.7. The number of rotatable bonds is 8. The largest absolute Gasteiger partial charge is 0.462 e. The predicted molar refractivity (Wildman–Crippen MR) is 66.6 cm³/mol. The molecule has 0 atom stereocenters. The summed E-state index contributed by atoms with van der Waals surface area (Å²) in [4.78, 5) is 0. The fraction of sp³-hybridized carbons (Fsp3) is 0.692. The first-order valence-electron chi connectivity index (χ1n) is 5.95. The number of hydrogen-bond donors (Lipinski definition) is 2. The van der Waals surface area contributed by atoms with E-state index in [2.05, 4.69) is 19.2 Å². The normalized spacial score (nSPS) is 12.0. The monoisotopic (exact) mass is 241 g/mol. The van der Waals surface area contributed by atoms with E-state index >= 15 is 0 Å². The maximum atomic E-state index is 8.92. The van der Waals surface area contributed by atoms with E-state index in [4.69, 9.17) is 14.3 Å². The van der Waals surface area contributed by atoms with Gasteiger partial charge in [0.2, 0.25) is 0 Å². The summed E-state index contributed by atoms with van der Waals surface area (Å²) in [5.74, 6) is 1.76. The van der Waals surface area contributed by atoms with Gasteiger partial charge in [-0.2, -0.15) is 0 Å². The summed E-state index contributed by atoms with van der Waals surface area (Å²) in [7, 11) is 1.65. The molecule has 1 heterocycles. The third-order valence-corrected chi connectivity index (χ3v) is 2.70. The molecule has 1 rings (SSSR count). The Morgan fingerprint density at radius 2 is 2.06 bits per heavy atom. The van der Waals surface area contributed by atoms with E-state index in [9.17, 15) is 0 Å². The molecule has 0 unspecified atom stereocenters. The summed E-state index contributed by atoms with van der Waals surface area (Å²) in [6, 6.07) is 3.89. The standard InChI is InChI=1S/C13H23NO3/c1-13(2,6-7-15)10-14-8-11-4-5-12(17-11)9-16-3/h4-5,14-15H,6-10H2,1-3H3. The van der Waals surface area contributed by atoms with E-state index in [1.54, 1.807) is 7.11 Å². The molecule has 0 bridgehead atoms. The maximum absolute atomic E-state index is 8.92. The lowest BCUT2D eigenvalue weighted by molar-refractivity contribution is 0.162. The number of furan rings is 1. The number of aliphatic hydroxyl groups is 1. The molecule has 0 amide bonds. The van der Waals surface area contributed by atoms with Crippen molar-refractivity contribution in [3.8, 4) is 0 Å². The Labute approximate surface area is 103 Å². The van der Waals surface area contributed by atoms with Crippen LogP contribution < -0.4 is 5.32 Å². The molecular formula is C13H23NO3. The first-order valence-corrected chi connectivity index (χ1v) is 5.95. The van der Waals surface area contributed by atoms with Gasteiger partial charge in [-0.25, -0.2) is 0 Å². The van der Waals surface area contributed by atoms with Gasteiger partial charge in [0, 0.05) is 20.3 Å². The highest BCUT2D eigenvalue weighted by molar-refractivity contribution is 5.06. The first kappa shape index (κ1) is 14.2. The van der Waals surface area contributed by atoms with Crippen molar-refractivity contribution < 1.29 is 14.3 Å². The number of hydrogen-bond acceptors (Lipinski definition) is 4. The zero-order valence-corrected chi connectivity index (χ0v) is 11.0. The highest BCUT2D eigenvalue weighted by Gasteiger charge is 2.16. The van der Waals surface area contributed by atoms with Crippen molar-refractivity contribution in [2.45, 2.75) is 33.4 Å². The summed E-state index contributed by atoms with van der Waals surface area (Å²) in [5, 5.41) is 12.3. The second-order valence-corrected chi connectivity index (χ2v) is 5.04. The SMILES string of the molecule is COCc1ccc(CNCC(C)(C)CCO)o1. The fourth-order valence-electron chi connectivity index (χ4n) is 1.65. The lowest BCUT2D eigenvalue weighted by Crippen LogP contribution is -2.29. The van der Waals surface area contributed by atoms with Gasteiger partial charge in [0.25, 0.3) is 0 Å². The lowest BCUT2D eigenvalue weighted by atomic mass is 9.90. The molecular weight excluding hydrogens is 218 g/mol. The zero-order valence-electron chi connectivity index (χ0n) is 11.0. The second-order valence-electron chi connectivity index (χ2n) is 5.04. The molecule has 1 aromatic heterocycles. The molecule has 17 heavy (non-hydrogen) atoms. The molecule has 98 valence electrons. The molecule has 0 aliphatic carbocycles. The van der Waals surface area contributed by atoms with Crippen LogP contribution in [0.1, 0.15) is 31.8 Å². The van der Waals surface area contributed by atoms with Gasteiger partial charge in [-0.3, -0.25) is 0 Å². The molecule has 0 aromatic carbocycles. The van der Waals surface area contributed by atoms with Crippen LogP contribution in [0.2, 0.25) is 0 Å². The van der Waals surface area contributed by atoms with E-state index in [1.807, 2.05) is 12.1 Å². The Balaban J connectivity index is 2.30. The molecule has 0 aliphatic rings. The first-order chi connectivity index (χ1) is 8.07. The Bertz CT molecular complexity index is 320. The minimum absolute atomic E-state index is 0.108. The summed E-state index contributed by atoms with van der Waals surface area (Å²) in [6.07, 6.45) is 0.799. The van der Waals surface area contributed by atoms with Gasteiger partial charge < -0.3 is 19.6 Å². The molecule has 1 aromatic rings. The van der Waals surface area contributed by atoms with Crippen LogP contribution in [0.4, 0.5) is 0 Å². The average molecular weight is 241 g/mol. The van der Waals surface area contributed by atoms with Gasteiger partial charge >= 0.3 is 0 Å². The number of aliphatic hydroxyl groups excluding tert-OH is 1.